The minimum Gasteiger partial charge on any atom is -0.310 e. The molecule has 1 aromatic rings. The molecule has 1 heterocycles. The lowest BCUT2D eigenvalue weighted by Gasteiger charge is -2.24. The average Bonchev–Trinajstić information content (AvgIpc) is 2.26. The van der Waals surface area contributed by atoms with Crippen molar-refractivity contribution in [2.24, 2.45) is 0 Å². The monoisotopic (exact) mass is 311 g/mol. The second-order valence-electron chi connectivity index (χ2n) is 3.76. The molecule has 0 spiro atoms. The van der Waals surface area contributed by atoms with E-state index >= 15 is 0 Å². The maximum absolute atomic E-state index is 13.7. The molecule has 0 bridgehead atoms. The van der Waals surface area contributed by atoms with Crippen LogP contribution in [0.5, 0.6) is 0 Å². The Hall–Kier alpha value is -0.190. The molecule has 1 N–H and O–H groups in total. The van der Waals surface area contributed by atoms with Crippen molar-refractivity contribution in [1.82, 2.24) is 5.32 Å². The SMILES string of the molecule is Cl.Fc1ccc(Br)c(F)c1[C@H]1CCCCN1. The number of nitrogens with one attached hydrogen (secondary N) is 1. The molecule has 1 atom stereocenters. The molecule has 1 saturated heterocycles. The third-order valence-corrected chi connectivity index (χ3v) is 3.35. The van der Waals surface area contributed by atoms with Gasteiger partial charge in [-0.1, -0.05) is 6.42 Å². The van der Waals surface area contributed by atoms with Crippen molar-refractivity contribution in [3.05, 3.63) is 33.8 Å². The molecular weight excluding hydrogens is 299 g/mol. The van der Waals surface area contributed by atoms with Gasteiger partial charge >= 0.3 is 0 Å². The molecule has 0 radical (unpaired) electrons. The minimum atomic E-state index is -0.477. The van der Waals surface area contributed by atoms with Crippen LogP contribution in [0.15, 0.2) is 16.6 Å². The number of hydrogen-bond acceptors (Lipinski definition) is 1. The quantitative estimate of drug-likeness (QED) is 0.774. The molecule has 2 rings (SSSR count). The molecule has 1 fully saturated rings. The van der Waals surface area contributed by atoms with Crippen LogP contribution >= 0.6 is 28.3 Å². The molecule has 0 aromatic heterocycles. The highest BCUT2D eigenvalue weighted by Crippen LogP contribution is 2.30. The van der Waals surface area contributed by atoms with Crippen molar-refractivity contribution < 1.29 is 8.78 Å². The van der Waals surface area contributed by atoms with E-state index in [1.165, 1.54) is 12.1 Å². The second-order valence-corrected chi connectivity index (χ2v) is 4.61. The van der Waals surface area contributed by atoms with Crippen LogP contribution < -0.4 is 5.32 Å². The largest absolute Gasteiger partial charge is 0.310 e. The molecule has 0 amide bonds. The Morgan fingerprint density at radius 1 is 1.25 bits per heavy atom. The Kier molecular flexibility index (Phi) is 5.15. The minimum absolute atomic E-state index is 0. The molecule has 1 aliphatic heterocycles. The Labute approximate surface area is 108 Å². The first-order valence-corrected chi connectivity index (χ1v) is 5.86. The summed E-state index contributed by atoms with van der Waals surface area (Å²) in [4.78, 5) is 0. The van der Waals surface area contributed by atoms with E-state index in [-0.39, 0.29) is 24.0 Å². The maximum atomic E-state index is 13.7. The van der Waals surface area contributed by atoms with Gasteiger partial charge in [0.2, 0.25) is 0 Å². The summed E-state index contributed by atoms with van der Waals surface area (Å²) in [6.45, 7) is 0.829. The maximum Gasteiger partial charge on any atom is 0.145 e. The first kappa shape index (κ1) is 13.9. The third kappa shape index (κ3) is 2.73. The molecule has 90 valence electrons. The summed E-state index contributed by atoms with van der Waals surface area (Å²) >= 11 is 3.08. The van der Waals surface area contributed by atoms with Gasteiger partial charge in [0.05, 0.1) is 4.47 Å². The van der Waals surface area contributed by atoms with Crippen LogP contribution in [0.3, 0.4) is 0 Å². The summed E-state index contributed by atoms with van der Waals surface area (Å²) in [6, 6.07) is 2.52. The molecule has 1 nitrogen and oxygen atoms in total. The summed E-state index contributed by atoms with van der Waals surface area (Å²) in [7, 11) is 0. The molecular formula is C11H13BrClF2N. The molecule has 1 aliphatic rings. The van der Waals surface area contributed by atoms with Gasteiger partial charge in [0.15, 0.2) is 0 Å². The molecule has 0 saturated carbocycles. The summed E-state index contributed by atoms with van der Waals surface area (Å²) in [6.07, 6.45) is 2.89. The predicted octanol–water partition coefficient (Wildman–Crippen LogP) is 3.96. The molecule has 16 heavy (non-hydrogen) atoms. The fourth-order valence-electron chi connectivity index (χ4n) is 1.96. The van der Waals surface area contributed by atoms with Crippen LogP contribution in [0.2, 0.25) is 0 Å². The normalized spacial score (nSPS) is 20.3. The van der Waals surface area contributed by atoms with Gasteiger partial charge in [-0.05, 0) is 47.4 Å². The zero-order valence-electron chi connectivity index (χ0n) is 8.60. The Morgan fingerprint density at radius 2 is 2.00 bits per heavy atom. The second kappa shape index (κ2) is 5.94. The fraction of sp³-hybridized carbons (Fsp3) is 0.455. The van der Waals surface area contributed by atoms with Gasteiger partial charge < -0.3 is 5.32 Å². The smallest absolute Gasteiger partial charge is 0.145 e. The van der Waals surface area contributed by atoms with Crippen molar-refractivity contribution in [2.45, 2.75) is 25.3 Å². The van der Waals surface area contributed by atoms with Crippen molar-refractivity contribution in [1.29, 1.82) is 0 Å². The van der Waals surface area contributed by atoms with Gasteiger partial charge in [0, 0.05) is 11.6 Å². The van der Waals surface area contributed by atoms with Gasteiger partial charge in [-0.2, -0.15) is 0 Å². The van der Waals surface area contributed by atoms with Crippen molar-refractivity contribution in [2.75, 3.05) is 6.54 Å². The van der Waals surface area contributed by atoms with E-state index in [9.17, 15) is 8.78 Å². The van der Waals surface area contributed by atoms with Crippen LogP contribution in [-0.2, 0) is 0 Å². The highest BCUT2D eigenvalue weighted by molar-refractivity contribution is 9.10. The van der Waals surface area contributed by atoms with Gasteiger partial charge in [-0.3, -0.25) is 0 Å². The summed E-state index contributed by atoms with van der Waals surface area (Å²) in [5, 5.41) is 3.14. The number of benzene rings is 1. The number of piperidine rings is 1. The van der Waals surface area contributed by atoms with E-state index < -0.39 is 11.6 Å². The molecule has 0 aliphatic carbocycles. The van der Waals surface area contributed by atoms with Crippen LogP contribution in [0.25, 0.3) is 0 Å². The Morgan fingerprint density at radius 3 is 2.62 bits per heavy atom. The Bertz CT molecular complexity index is 367. The Balaban J connectivity index is 0.00000128. The van der Waals surface area contributed by atoms with Gasteiger partial charge in [-0.25, -0.2) is 8.78 Å². The van der Waals surface area contributed by atoms with E-state index in [0.29, 0.717) is 4.47 Å². The van der Waals surface area contributed by atoms with Gasteiger partial charge in [0.1, 0.15) is 11.6 Å². The first-order chi connectivity index (χ1) is 7.20. The zero-order chi connectivity index (χ0) is 10.8. The highest BCUT2D eigenvalue weighted by atomic mass is 79.9. The lowest BCUT2D eigenvalue weighted by atomic mass is 9.97. The number of halogens is 4. The lowest BCUT2D eigenvalue weighted by Crippen LogP contribution is -2.28. The van der Waals surface area contributed by atoms with E-state index in [1.54, 1.807) is 0 Å². The predicted molar refractivity (Wildman–Crippen MR) is 65.9 cm³/mol. The van der Waals surface area contributed by atoms with E-state index in [4.69, 9.17) is 0 Å². The lowest BCUT2D eigenvalue weighted by molar-refractivity contribution is 0.384. The average molecular weight is 313 g/mol. The fourth-order valence-corrected chi connectivity index (χ4v) is 2.31. The molecule has 5 heteroatoms. The number of hydrogen-bond donors (Lipinski definition) is 1. The standard InChI is InChI=1S/C11H12BrF2N.ClH/c12-7-4-5-8(13)10(11(7)14)9-3-1-2-6-15-9;/h4-5,9,15H,1-3,6H2;1H/t9-;/m1./s1. The van der Waals surface area contributed by atoms with Crippen molar-refractivity contribution in [3.8, 4) is 0 Å². The summed E-state index contributed by atoms with van der Waals surface area (Å²) in [5.41, 5.74) is 0.170. The topological polar surface area (TPSA) is 12.0 Å². The van der Waals surface area contributed by atoms with Crippen LogP contribution in [0.4, 0.5) is 8.78 Å². The first-order valence-electron chi connectivity index (χ1n) is 5.07. The third-order valence-electron chi connectivity index (χ3n) is 2.74. The van der Waals surface area contributed by atoms with Gasteiger partial charge in [0.25, 0.3) is 0 Å². The van der Waals surface area contributed by atoms with E-state index in [0.717, 1.165) is 25.8 Å². The van der Waals surface area contributed by atoms with E-state index in [2.05, 4.69) is 21.2 Å². The molecule has 1 aromatic carbocycles. The van der Waals surface area contributed by atoms with Crippen LogP contribution in [-0.4, -0.2) is 6.54 Å². The van der Waals surface area contributed by atoms with Crippen molar-refractivity contribution in [3.63, 3.8) is 0 Å². The highest BCUT2D eigenvalue weighted by Gasteiger charge is 2.23. The van der Waals surface area contributed by atoms with E-state index in [1.807, 2.05) is 0 Å². The summed E-state index contributed by atoms with van der Waals surface area (Å²) in [5.74, 6) is -0.940. The number of rotatable bonds is 1. The zero-order valence-corrected chi connectivity index (χ0v) is 11.0. The van der Waals surface area contributed by atoms with Gasteiger partial charge in [-0.15, -0.1) is 12.4 Å². The van der Waals surface area contributed by atoms with Crippen LogP contribution in [0.1, 0.15) is 30.9 Å². The van der Waals surface area contributed by atoms with Crippen molar-refractivity contribution >= 4 is 28.3 Å². The molecule has 0 unspecified atom stereocenters. The summed E-state index contributed by atoms with van der Waals surface area (Å²) < 4.78 is 27.6. The van der Waals surface area contributed by atoms with Crippen LogP contribution in [0, 0.1) is 11.6 Å².